The van der Waals surface area contributed by atoms with E-state index in [1.54, 1.807) is 25.1 Å². The van der Waals surface area contributed by atoms with E-state index in [9.17, 15) is 23.2 Å². The highest BCUT2D eigenvalue weighted by Crippen LogP contribution is 2.29. The van der Waals surface area contributed by atoms with Crippen molar-refractivity contribution in [2.24, 2.45) is 5.73 Å². The molecule has 0 aliphatic carbocycles. The molecule has 1 heterocycles. The third-order valence-electron chi connectivity index (χ3n) is 4.61. The van der Waals surface area contributed by atoms with E-state index in [2.05, 4.69) is 4.98 Å². The average Bonchev–Trinajstić information content (AvgIpc) is 2.85. The smallest absolute Gasteiger partial charge is 0.308 e. The Labute approximate surface area is 220 Å². The van der Waals surface area contributed by atoms with Gasteiger partial charge in [0.1, 0.15) is 17.7 Å². The lowest BCUT2D eigenvalue weighted by Crippen LogP contribution is -2.16. The number of amides is 1. The Morgan fingerprint density at radius 1 is 1.03 bits per heavy atom. The number of benzene rings is 2. The van der Waals surface area contributed by atoms with Crippen LogP contribution >= 0.6 is 0 Å². The number of nitrogens with two attached hydrogens (primary N) is 1. The minimum Gasteiger partial charge on any atom is -0.493 e. The van der Waals surface area contributed by atoms with Crippen molar-refractivity contribution in [2.45, 2.75) is 46.6 Å². The van der Waals surface area contributed by atoms with Gasteiger partial charge < -0.3 is 19.9 Å². The van der Waals surface area contributed by atoms with Crippen LogP contribution in [-0.2, 0) is 20.7 Å². The first-order valence-corrected chi connectivity index (χ1v) is 11.6. The van der Waals surface area contributed by atoms with Crippen molar-refractivity contribution in [3.05, 3.63) is 89.2 Å². The summed E-state index contributed by atoms with van der Waals surface area (Å²) in [5, 5.41) is 0. The Bertz CT molecular complexity index is 1180. The van der Waals surface area contributed by atoms with E-state index in [-0.39, 0.29) is 40.9 Å². The van der Waals surface area contributed by atoms with Crippen LogP contribution in [0.3, 0.4) is 0 Å². The lowest BCUT2D eigenvalue weighted by Gasteiger charge is -2.12. The molecule has 3 rings (SSSR count). The van der Waals surface area contributed by atoms with E-state index in [4.69, 9.17) is 19.9 Å². The number of hydrogen-bond donors (Lipinski definition) is 1. The Morgan fingerprint density at radius 3 is 2.16 bits per heavy atom. The number of aryl methyl sites for hydroxylation is 1. The first-order chi connectivity index (χ1) is 18.0. The third-order valence-corrected chi connectivity index (χ3v) is 4.61. The van der Waals surface area contributed by atoms with Gasteiger partial charge in [-0.05, 0) is 49.2 Å². The van der Waals surface area contributed by atoms with Crippen LogP contribution in [0.25, 0.3) is 0 Å². The average molecular weight is 531 g/mol. The van der Waals surface area contributed by atoms with Crippen molar-refractivity contribution in [1.29, 1.82) is 0 Å². The Hall–Kier alpha value is -4.34. The summed E-state index contributed by atoms with van der Waals surface area (Å²) in [7, 11) is 1.38. The standard InChI is InChI=1S/C12H15FO2.C9H10N2O4.C7H7F/c1-3-12(14)15-9(2)8-10-4-6-11(13)7-5-10;1-5(12)15-8-6(14-2)3-4-11-7(8)9(10)13;1-6-3-2-4-7(8)5-6/h4-7,9H,3,8H2,1-2H3;3-4H,1-2H3,(H2,10,13);2-5H,1H3. The number of halogens is 2. The molecule has 0 fully saturated rings. The van der Waals surface area contributed by atoms with Gasteiger partial charge in [-0.15, -0.1) is 0 Å². The molecular formula is C28H32F2N2O6. The van der Waals surface area contributed by atoms with Crippen molar-refractivity contribution in [2.75, 3.05) is 7.11 Å². The molecular weight excluding hydrogens is 498 g/mol. The number of aromatic nitrogens is 1. The third kappa shape index (κ3) is 12.1. The zero-order valence-electron chi connectivity index (χ0n) is 22.0. The van der Waals surface area contributed by atoms with Crippen molar-refractivity contribution in [3.63, 3.8) is 0 Å². The van der Waals surface area contributed by atoms with E-state index >= 15 is 0 Å². The Balaban J connectivity index is 0.000000298. The zero-order chi connectivity index (χ0) is 28.7. The van der Waals surface area contributed by atoms with Crippen molar-refractivity contribution >= 4 is 17.8 Å². The number of nitrogens with zero attached hydrogens (tertiary/aromatic N) is 1. The molecule has 2 aromatic carbocycles. The molecule has 0 aliphatic heterocycles. The van der Waals surface area contributed by atoms with Gasteiger partial charge in [-0.2, -0.15) is 0 Å². The lowest BCUT2D eigenvalue weighted by atomic mass is 10.1. The highest BCUT2D eigenvalue weighted by atomic mass is 19.1. The van der Waals surface area contributed by atoms with E-state index in [1.807, 2.05) is 19.9 Å². The van der Waals surface area contributed by atoms with Crippen LogP contribution in [0.2, 0.25) is 0 Å². The van der Waals surface area contributed by atoms with Gasteiger partial charge >= 0.3 is 11.9 Å². The minimum atomic E-state index is -0.787. The maximum atomic E-state index is 12.6. The minimum absolute atomic E-state index is 0.0556. The van der Waals surface area contributed by atoms with E-state index in [0.29, 0.717) is 12.8 Å². The Morgan fingerprint density at radius 2 is 1.68 bits per heavy atom. The van der Waals surface area contributed by atoms with E-state index in [1.165, 1.54) is 50.6 Å². The monoisotopic (exact) mass is 530 g/mol. The van der Waals surface area contributed by atoms with Crippen LogP contribution in [0.4, 0.5) is 8.78 Å². The molecule has 1 amide bonds. The normalized spacial score (nSPS) is 10.5. The second-order valence-corrected chi connectivity index (χ2v) is 7.93. The number of esters is 2. The van der Waals surface area contributed by atoms with Gasteiger partial charge in [-0.3, -0.25) is 14.4 Å². The second-order valence-electron chi connectivity index (χ2n) is 7.93. The molecule has 204 valence electrons. The van der Waals surface area contributed by atoms with Crippen LogP contribution in [0.15, 0.2) is 60.8 Å². The lowest BCUT2D eigenvalue weighted by molar-refractivity contribution is -0.147. The van der Waals surface area contributed by atoms with Gasteiger partial charge in [0, 0.05) is 32.0 Å². The summed E-state index contributed by atoms with van der Waals surface area (Å²) in [6.45, 7) is 6.66. The van der Waals surface area contributed by atoms with Crippen molar-refractivity contribution < 1.29 is 37.4 Å². The summed E-state index contributed by atoms with van der Waals surface area (Å²) in [4.78, 5) is 36.5. The molecule has 0 spiro atoms. The second kappa shape index (κ2) is 16.4. The Kier molecular flexibility index (Phi) is 13.7. The first kappa shape index (κ1) is 31.7. The molecule has 1 unspecified atom stereocenters. The van der Waals surface area contributed by atoms with Crippen LogP contribution in [0, 0.1) is 18.6 Å². The van der Waals surface area contributed by atoms with Gasteiger partial charge in [0.25, 0.3) is 5.91 Å². The number of methoxy groups -OCH3 is 1. The predicted octanol–water partition coefficient (Wildman–Crippen LogP) is 4.96. The molecule has 0 aliphatic rings. The molecule has 0 radical (unpaired) electrons. The number of hydrogen-bond acceptors (Lipinski definition) is 7. The summed E-state index contributed by atoms with van der Waals surface area (Å²) in [5.74, 6) is -1.81. The quantitative estimate of drug-likeness (QED) is 0.429. The fourth-order valence-electron chi connectivity index (χ4n) is 2.92. The molecule has 8 nitrogen and oxygen atoms in total. The van der Waals surface area contributed by atoms with Crippen LogP contribution < -0.4 is 15.2 Å². The van der Waals surface area contributed by atoms with Gasteiger partial charge in [-0.25, -0.2) is 13.8 Å². The fraction of sp³-hybridized carbons (Fsp3) is 0.286. The highest BCUT2D eigenvalue weighted by molar-refractivity contribution is 5.95. The SMILES string of the molecule is CCC(=O)OC(C)Cc1ccc(F)cc1.COc1ccnc(C(N)=O)c1OC(C)=O.Cc1cccc(F)c1. The first-order valence-electron chi connectivity index (χ1n) is 11.6. The molecule has 0 bridgehead atoms. The zero-order valence-corrected chi connectivity index (χ0v) is 22.0. The number of ether oxygens (including phenoxy) is 3. The summed E-state index contributed by atoms with van der Waals surface area (Å²) in [6, 6.07) is 14.2. The summed E-state index contributed by atoms with van der Waals surface area (Å²) < 4.78 is 39.6. The number of rotatable bonds is 7. The number of primary amides is 1. The molecule has 1 atom stereocenters. The van der Waals surface area contributed by atoms with Crippen LogP contribution in [-0.4, -0.2) is 36.0 Å². The number of pyridine rings is 1. The van der Waals surface area contributed by atoms with E-state index in [0.717, 1.165) is 11.1 Å². The maximum Gasteiger partial charge on any atom is 0.308 e. The highest BCUT2D eigenvalue weighted by Gasteiger charge is 2.18. The van der Waals surface area contributed by atoms with Crippen LogP contribution in [0.5, 0.6) is 11.5 Å². The van der Waals surface area contributed by atoms with Gasteiger partial charge in [0.05, 0.1) is 7.11 Å². The van der Waals surface area contributed by atoms with E-state index < -0.39 is 11.9 Å². The number of carbonyl (C=O) groups excluding carboxylic acids is 3. The van der Waals surface area contributed by atoms with Crippen LogP contribution in [0.1, 0.15) is 48.8 Å². The summed E-state index contributed by atoms with van der Waals surface area (Å²) >= 11 is 0. The molecule has 2 N–H and O–H groups in total. The molecule has 3 aromatic rings. The predicted molar refractivity (Wildman–Crippen MR) is 138 cm³/mol. The van der Waals surface area contributed by atoms with Crippen molar-refractivity contribution in [3.8, 4) is 11.5 Å². The summed E-state index contributed by atoms with van der Waals surface area (Å²) in [5.41, 5.74) is 6.86. The maximum absolute atomic E-state index is 12.6. The summed E-state index contributed by atoms with van der Waals surface area (Å²) in [6.07, 6.45) is 2.18. The fourth-order valence-corrected chi connectivity index (χ4v) is 2.92. The molecule has 0 saturated heterocycles. The topological polar surface area (TPSA) is 118 Å². The molecule has 0 saturated carbocycles. The van der Waals surface area contributed by atoms with Gasteiger partial charge in [-0.1, -0.05) is 31.2 Å². The molecule has 38 heavy (non-hydrogen) atoms. The molecule has 1 aromatic heterocycles. The largest absolute Gasteiger partial charge is 0.493 e. The molecule has 10 heteroatoms. The number of carbonyl (C=O) groups is 3. The van der Waals surface area contributed by atoms with Crippen molar-refractivity contribution in [1.82, 2.24) is 4.98 Å². The van der Waals surface area contributed by atoms with Gasteiger partial charge in [0.15, 0.2) is 11.4 Å². The van der Waals surface area contributed by atoms with Gasteiger partial charge in [0.2, 0.25) is 5.75 Å².